The fraction of sp³-hybridized carbons (Fsp3) is 0.385. The molecule has 0 saturated carbocycles. The van der Waals surface area contributed by atoms with Gasteiger partial charge < -0.3 is 0 Å². The van der Waals surface area contributed by atoms with Crippen LogP contribution in [0, 0.1) is 0 Å². The Morgan fingerprint density at radius 1 is 1.12 bits per heavy atom. The Labute approximate surface area is 111 Å². The number of halogens is 2. The van der Waals surface area contributed by atoms with E-state index < -0.39 is 0 Å². The average molecular weight is 273 g/mol. The van der Waals surface area contributed by atoms with E-state index in [0.717, 1.165) is 11.1 Å². The molecule has 1 rings (SSSR count). The van der Waals surface area contributed by atoms with Gasteiger partial charge in [-0.25, -0.2) is 0 Å². The normalized spacial score (nSPS) is 12.2. The lowest BCUT2D eigenvalue weighted by Gasteiger charge is -2.09. The minimum absolute atomic E-state index is 0.115. The summed E-state index contributed by atoms with van der Waals surface area (Å²) in [4.78, 5) is 21.4. The van der Waals surface area contributed by atoms with Crippen molar-refractivity contribution in [3.63, 3.8) is 0 Å². The second-order valence-corrected chi connectivity index (χ2v) is 4.90. The maximum Gasteiger partial charge on any atom is 0.222 e. The highest BCUT2D eigenvalue weighted by Gasteiger charge is 2.09. The highest BCUT2D eigenvalue weighted by molar-refractivity contribution is 6.63. The number of rotatable bonds is 6. The molecule has 0 aliphatic rings. The van der Waals surface area contributed by atoms with Crippen LogP contribution in [-0.2, 0) is 16.0 Å². The lowest BCUT2D eigenvalue weighted by molar-refractivity contribution is -0.112. The molecule has 1 aromatic carbocycles. The Morgan fingerprint density at radius 3 is 2.18 bits per heavy atom. The van der Waals surface area contributed by atoms with Gasteiger partial charge in [0.2, 0.25) is 10.5 Å². The molecular formula is C13H14Cl2O2. The van der Waals surface area contributed by atoms with Gasteiger partial charge in [-0.15, -0.1) is 0 Å². The van der Waals surface area contributed by atoms with Crippen LogP contribution in [0.5, 0.6) is 0 Å². The van der Waals surface area contributed by atoms with E-state index in [-0.39, 0.29) is 16.4 Å². The van der Waals surface area contributed by atoms with Gasteiger partial charge in [0.15, 0.2) is 0 Å². The zero-order valence-corrected chi connectivity index (χ0v) is 11.1. The standard InChI is InChI=1S/C13H14Cl2O2/c1-9(8-13(15)17)11-5-2-10(3-6-11)4-7-12(14)16/h2-3,5-6,9H,4,7-8H2,1H3. The van der Waals surface area contributed by atoms with Gasteiger partial charge >= 0.3 is 0 Å². The van der Waals surface area contributed by atoms with E-state index in [2.05, 4.69) is 0 Å². The first-order chi connectivity index (χ1) is 7.99. The summed E-state index contributed by atoms with van der Waals surface area (Å²) < 4.78 is 0. The largest absolute Gasteiger partial charge is 0.281 e. The molecular weight excluding hydrogens is 259 g/mol. The number of aryl methyl sites for hydroxylation is 1. The van der Waals surface area contributed by atoms with Crippen LogP contribution in [0.2, 0.25) is 0 Å². The lowest BCUT2D eigenvalue weighted by Crippen LogP contribution is -1.99. The first-order valence-corrected chi connectivity index (χ1v) is 6.20. The van der Waals surface area contributed by atoms with Crippen molar-refractivity contribution in [1.29, 1.82) is 0 Å². The van der Waals surface area contributed by atoms with Crippen molar-refractivity contribution in [3.8, 4) is 0 Å². The molecule has 2 nitrogen and oxygen atoms in total. The first kappa shape index (κ1) is 14.2. The van der Waals surface area contributed by atoms with Crippen LogP contribution in [0.3, 0.4) is 0 Å². The van der Waals surface area contributed by atoms with E-state index in [1.165, 1.54) is 0 Å². The third-order valence-electron chi connectivity index (χ3n) is 2.63. The van der Waals surface area contributed by atoms with Crippen LogP contribution in [0.4, 0.5) is 0 Å². The Hall–Kier alpha value is -0.860. The minimum atomic E-state index is -0.325. The number of hydrogen-bond donors (Lipinski definition) is 0. The zero-order valence-electron chi connectivity index (χ0n) is 9.58. The Morgan fingerprint density at radius 2 is 1.71 bits per heavy atom. The van der Waals surface area contributed by atoms with Crippen molar-refractivity contribution in [3.05, 3.63) is 35.4 Å². The smallest absolute Gasteiger partial charge is 0.222 e. The van der Waals surface area contributed by atoms with Gasteiger partial charge in [-0.2, -0.15) is 0 Å². The molecule has 1 unspecified atom stereocenters. The molecule has 0 aliphatic heterocycles. The van der Waals surface area contributed by atoms with Crippen molar-refractivity contribution >= 4 is 33.7 Å². The summed E-state index contributed by atoms with van der Waals surface area (Å²) in [5.41, 5.74) is 2.13. The number of carbonyl (C=O) groups is 2. The highest BCUT2D eigenvalue weighted by Crippen LogP contribution is 2.20. The molecule has 0 aromatic heterocycles. The molecule has 0 heterocycles. The van der Waals surface area contributed by atoms with Gasteiger partial charge in [0.25, 0.3) is 0 Å². The number of hydrogen-bond acceptors (Lipinski definition) is 2. The fourth-order valence-corrected chi connectivity index (χ4v) is 1.94. The van der Waals surface area contributed by atoms with Crippen LogP contribution in [-0.4, -0.2) is 10.5 Å². The van der Waals surface area contributed by atoms with Gasteiger partial charge in [-0.3, -0.25) is 9.59 Å². The van der Waals surface area contributed by atoms with E-state index in [0.29, 0.717) is 19.3 Å². The molecule has 1 aromatic rings. The minimum Gasteiger partial charge on any atom is -0.281 e. The molecule has 0 N–H and O–H groups in total. The highest BCUT2D eigenvalue weighted by atomic mass is 35.5. The number of carbonyl (C=O) groups excluding carboxylic acids is 2. The van der Waals surface area contributed by atoms with E-state index in [4.69, 9.17) is 23.2 Å². The predicted molar refractivity (Wildman–Crippen MR) is 69.5 cm³/mol. The molecule has 0 saturated heterocycles. The van der Waals surface area contributed by atoms with E-state index in [1.807, 2.05) is 31.2 Å². The van der Waals surface area contributed by atoms with Gasteiger partial charge in [0, 0.05) is 12.8 Å². The molecule has 0 bridgehead atoms. The molecule has 0 fully saturated rings. The van der Waals surface area contributed by atoms with E-state index in [1.54, 1.807) is 0 Å². The van der Waals surface area contributed by atoms with E-state index in [9.17, 15) is 9.59 Å². The topological polar surface area (TPSA) is 34.1 Å². The van der Waals surface area contributed by atoms with Crippen LogP contribution in [0.25, 0.3) is 0 Å². The zero-order chi connectivity index (χ0) is 12.8. The molecule has 17 heavy (non-hydrogen) atoms. The maximum absolute atomic E-state index is 10.8. The fourth-order valence-electron chi connectivity index (χ4n) is 1.61. The summed E-state index contributed by atoms with van der Waals surface area (Å²) in [6.45, 7) is 1.96. The Bertz CT molecular complexity index is 398. The first-order valence-electron chi connectivity index (χ1n) is 5.44. The SMILES string of the molecule is CC(CC(=O)Cl)c1ccc(CCC(=O)Cl)cc1. The van der Waals surface area contributed by atoms with Crippen LogP contribution in [0.1, 0.15) is 36.8 Å². The van der Waals surface area contributed by atoms with Crippen molar-refractivity contribution in [2.75, 3.05) is 0 Å². The van der Waals surface area contributed by atoms with Crippen molar-refractivity contribution in [1.82, 2.24) is 0 Å². The van der Waals surface area contributed by atoms with Gasteiger partial charge in [-0.05, 0) is 46.7 Å². The van der Waals surface area contributed by atoms with Crippen LogP contribution in [0.15, 0.2) is 24.3 Å². The molecule has 0 amide bonds. The second kappa shape index (κ2) is 6.77. The summed E-state index contributed by atoms with van der Waals surface area (Å²) in [5.74, 6) is 0.115. The lowest BCUT2D eigenvalue weighted by atomic mass is 9.96. The Balaban J connectivity index is 2.60. The van der Waals surface area contributed by atoms with Gasteiger partial charge in [0.1, 0.15) is 0 Å². The molecule has 1 atom stereocenters. The molecule has 0 radical (unpaired) electrons. The summed E-state index contributed by atoms with van der Waals surface area (Å²) >= 11 is 10.6. The molecule has 0 aliphatic carbocycles. The molecule has 4 heteroatoms. The van der Waals surface area contributed by atoms with Crippen molar-refractivity contribution in [2.24, 2.45) is 0 Å². The Kier molecular flexibility index (Phi) is 5.66. The quantitative estimate of drug-likeness (QED) is 0.741. The molecule has 0 spiro atoms. The van der Waals surface area contributed by atoms with Crippen molar-refractivity contribution in [2.45, 2.75) is 32.1 Å². The summed E-state index contributed by atoms with van der Waals surface area (Å²) in [5, 5.41) is -0.649. The summed E-state index contributed by atoms with van der Waals surface area (Å²) in [7, 11) is 0. The summed E-state index contributed by atoms with van der Waals surface area (Å²) in [6.07, 6.45) is 1.32. The third kappa shape index (κ3) is 5.33. The third-order valence-corrected chi connectivity index (χ3v) is 2.97. The van der Waals surface area contributed by atoms with Crippen LogP contribution >= 0.6 is 23.2 Å². The second-order valence-electron chi connectivity index (χ2n) is 4.06. The molecule has 92 valence electrons. The van der Waals surface area contributed by atoms with Crippen LogP contribution < -0.4 is 0 Å². The maximum atomic E-state index is 10.8. The average Bonchev–Trinajstić information content (AvgIpc) is 2.26. The monoisotopic (exact) mass is 272 g/mol. The summed E-state index contributed by atoms with van der Waals surface area (Å²) in [6, 6.07) is 7.81. The van der Waals surface area contributed by atoms with Crippen molar-refractivity contribution < 1.29 is 9.59 Å². The number of benzene rings is 1. The van der Waals surface area contributed by atoms with Gasteiger partial charge in [0.05, 0.1) is 0 Å². The predicted octanol–water partition coefficient (Wildman–Crippen LogP) is 3.64. The van der Waals surface area contributed by atoms with E-state index >= 15 is 0 Å². The van der Waals surface area contributed by atoms with Gasteiger partial charge in [-0.1, -0.05) is 31.2 Å².